The summed E-state index contributed by atoms with van der Waals surface area (Å²) in [5.74, 6) is 0.187. The number of likely N-dealkylation sites (tertiary alicyclic amines) is 2. The van der Waals surface area contributed by atoms with Gasteiger partial charge in [-0.15, -0.1) is 0 Å². The molecule has 2 aliphatic heterocycles. The third kappa shape index (κ3) is 4.88. The van der Waals surface area contributed by atoms with Crippen LogP contribution >= 0.6 is 0 Å². The molecule has 0 bridgehead atoms. The van der Waals surface area contributed by atoms with Crippen LogP contribution in [-0.2, 0) is 6.54 Å². The van der Waals surface area contributed by atoms with E-state index >= 15 is 0 Å². The Morgan fingerprint density at radius 2 is 1.88 bits per heavy atom. The van der Waals surface area contributed by atoms with Crippen molar-refractivity contribution in [3.63, 3.8) is 0 Å². The van der Waals surface area contributed by atoms with E-state index in [0.29, 0.717) is 13.1 Å². The van der Waals surface area contributed by atoms with Gasteiger partial charge in [0.05, 0.1) is 5.60 Å². The molecule has 24 heavy (non-hydrogen) atoms. The van der Waals surface area contributed by atoms with Crippen LogP contribution in [-0.4, -0.2) is 59.8 Å². The molecule has 1 aromatic carbocycles. The summed E-state index contributed by atoms with van der Waals surface area (Å²) in [7, 11) is 0. The van der Waals surface area contributed by atoms with E-state index in [4.69, 9.17) is 0 Å². The number of halogens is 2. The van der Waals surface area contributed by atoms with Gasteiger partial charge in [-0.1, -0.05) is 12.1 Å². The monoisotopic (exact) mass is 340 g/mol. The second-order valence-corrected chi connectivity index (χ2v) is 7.05. The second-order valence-electron chi connectivity index (χ2n) is 7.05. The summed E-state index contributed by atoms with van der Waals surface area (Å²) in [5, 5.41) is 10.9. The van der Waals surface area contributed by atoms with E-state index in [9.17, 15) is 13.9 Å². The lowest BCUT2D eigenvalue weighted by molar-refractivity contribution is -0.0523. The fraction of sp³-hybridized carbons (Fsp3) is 0.667. The minimum atomic E-state index is -2.80. The van der Waals surface area contributed by atoms with Crippen LogP contribution in [0.5, 0.6) is 5.75 Å². The molecule has 0 saturated carbocycles. The van der Waals surface area contributed by atoms with Crippen LogP contribution in [0.2, 0.25) is 0 Å². The van der Waals surface area contributed by atoms with E-state index in [1.165, 1.54) is 18.9 Å². The first-order valence-electron chi connectivity index (χ1n) is 8.73. The van der Waals surface area contributed by atoms with Gasteiger partial charge in [-0.3, -0.25) is 4.90 Å². The first kappa shape index (κ1) is 17.6. The smallest absolute Gasteiger partial charge is 0.387 e. The molecular formula is C18H26F2N2O2. The first-order valence-corrected chi connectivity index (χ1v) is 8.73. The number of aliphatic hydroxyl groups is 1. The fourth-order valence-corrected chi connectivity index (χ4v) is 3.91. The van der Waals surface area contributed by atoms with Crippen molar-refractivity contribution in [2.75, 3.05) is 32.7 Å². The molecule has 134 valence electrons. The Bertz CT molecular complexity index is 538. The zero-order chi connectivity index (χ0) is 17.0. The van der Waals surface area contributed by atoms with Crippen molar-refractivity contribution in [2.45, 2.75) is 44.4 Å². The maximum atomic E-state index is 12.3. The molecule has 2 heterocycles. The Morgan fingerprint density at radius 3 is 2.62 bits per heavy atom. The number of ether oxygens (including phenoxy) is 1. The van der Waals surface area contributed by atoms with Crippen molar-refractivity contribution in [3.8, 4) is 5.75 Å². The van der Waals surface area contributed by atoms with Gasteiger partial charge in [0, 0.05) is 19.6 Å². The number of alkyl halides is 2. The van der Waals surface area contributed by atoms with Gasteiger partial charge in [0.1, 0.15) is 5.75 Å². The lowest BCUT2D eigenvalue weighted by atomic mass is 9.92. The molecule has 0 unspecified atom stereocenters. The number of rotatable bonds is 6. The molecule has 2 aliphatic rings. The van der Waals surface area contributed by atoms with Crippen LogP contribution < -0.4 is 4.74 Å². The summed E-state index contributed by atoms with van der Waals surface area (Å²) < 4.78 is 29.1. The standard InChI is InChI=1S/C18H26F2N2O2/c19-17(20)24-16-6-3-5-15(11-16)12-22-10-4-7-18(23,14-22)13-21-8-1-2-9-21/h3,5-6,11,17,23H,1-2,4,7-10,12-14H2/t18-/m1/s1. The van der Waals surface area contributed by atoms with Crippen LogP contribution in [0.15, 0.2) is 24.3 Å². The topological polar surface area (TPSA) is 35.9 Å². The van der Waals surface area contributed by atoms with Gasteiger partial charge >= 0.3 is 6.61 Å². The van der Waals surface area contributed by atoms with Crippen molar-refractivity contribution in [2.24, 2.45) is 0 Å². The fourth-order valence-electron chi connectivity index (χ4n) is 3.91. The number of hydrogen-bond donors (Lipinski definition) is 1. The Balaban J connectivity index is 1.58. The summed E-state index contributed by atoms with van der Waals surface area (Å²) in [6.45, 7) is 2.28. The van der Waals surface area contributed by atoms with Gasteiger partial charge < -0.3 is 14.7 Å². The van der Waals surface area contributed by atoms with E-state index in [2.05, 4.69) is 14.5 Å². The predicted molar refractivity (Wildman–Crippen MR) is 88.2 cm³/mol. The molecule has 0 amide bonds. The molecule has 0 aromatic heterocycles. The minimum Gasteiger partial charge on any atom is -0.435 e. The molecule has 2 fully saturated rings. The highest BCUT2D eigenvalue weighted by Gasteiger charge is 2.35. The van der Waals surface area contributed by atoms with Crippen molar-refractivity contribution in [1.29, 1.82) is 0 Å². The quantitative estimate of drug-likeness (QED) is 0.864. The normalized spacial score (nSPS) is 26.2. The molecule has 6 heteroatoms. The number of hydrogen-bond acceptors (Lipinski definition) is 4. The summed E-state index contributed by atoms with van der Waals surface area (Å²) in [5.41, 5.74) is 0.262. The molecular weight excluding hydrogens is 314 g/mol. The van der Waals surface area contributed by atoms with Crippen molar-refractivity contribution in [1.82, 2.24) is 9.80 Å². The average Bonchev–Trinajstić information content (AvgIpc) is 2.99. The van der Waals surface area contributed by atoms with E-state index < -0.39 is 12.2 Å². The van der Waals surface area contributed by atoms with Crippen molar-refractivity contribution < 1.29 is 18.6 Å². The maximum absolute atomic E-state index is 12.3. The van der Waals surface area contributed by atoms with E-state index in [1.807, 2.05) is 6.07 Å². The van der Waals surface area contributed by atoms with Gasteiger partial charge in [-0.2, -0.15) is 8.78 Å². The zero-order valence-corrected chi connectivity index (χ0v) is 14.0. The third-order valence-electron chi connectivity index (χ3n) is 4.88. The molecule has 1 atom stereocenters. The molecule has 1 aromatic rings. The zero-order valence-electron chi connectivity index (χ0n) is 14.0. The van der Waals surface area contributed by atoms with Gasteiger partial charge in [0.15, 0.2) is 0 Å². The lowest BCUT2D eigenvalue weighted by Gasteiger charge is -2.41. The van der Waals surface area contributed by atoms with E-state index in [0.717, 1.165) is 44.6 Å². The minimum absolute atomic E-state index is 0.187. The van der Waals surface area contributed by atoms with Crippen LogP contribution in [0, 0.1) is 0 Å². The Hall–Kier alpha value is -1.24. The highest BCUT2D eigenvalue weighted by molar-refractivity contribution is 5.28. The van der Waals surface area contributed by atoms with Gasteiger partial charge in [0.2, 0.25) is 0 Å². The number of piperidine rings is 1. The van der Waals surface area contributed by atoms with Crippen LogP contribution in [0.25, 0.3) is 0 Å². The van der Waals surface area contributed by atoms with Gasteiger partial charge in [-0.05, 0) is 63.0 Å². The summed E-state index contributed by atoms with van der Waals surface area (Å²) in [6.07, 6.45) is 4.22. The van der Waals surface area contributed by atoms with Crippen molar-refractivity contribution in [3.05, 3.63) is 29.8 Å². The molecule has 2 saturated heterocycles. The Labute approximate surface area is 142 Å². The summed E-state index contributed by atoms with van der Waals surface area (Å²) >= 11 is 0. The van der Waals surface area contributed by atoms with Crippen LogP contribution in [0.1, 0.15) is 31.2 Å². The molecule has 0 radical (unpaired) electrons. The third-order valence-corrected chi connectivity index (χ3v) is 4.88. The van der Waals surface area contributed by atoms with Gasteiger partial charge in [0.25, 0.3) is 0 Å². The number of β-amino-alcohol motifs (C(OH)–C–C–N with tert-alkyl or cyclic N) is 1. The van der Waals surface area contributed by atoms with Crippen LogP contribution in [0.4, 0.5) is 8.78 Å². The van der Waals surface area contributed by atoms with Crippen LogP contribution in [0.3, 0.4) is 0 Å². The SMILES string of the molecule is O[C@@]1(CN2CCCC2)CCCN(Cc2cccc(OC(F)F)c2)C1. The predicted octanol–water partition coefficient (Wildman–Crippen LogP) is 2.71. The number of nitrogens with zero attached hydrogens (tertiary/aromatic N) is 2. The first-order chi connectivity index (χ1) is 11.5. The molecule has 0 spiro atoms. The molecule has 0 aliphatic carbocycles. The highest BCUT2D eigenvalue weighted by Crippen LogP contribution is 2.26. The van der Waals surface area contributed by atoms with E-state index in [-0.39, 0.29) is 5.75 Å². The molecule has 1 N–H and O–H groups in total. The largest absolute Gasteiger partial charge is 0.435 e. The van der Waals surface area contributed by atoms with Crippen molar-refractivity contribution >= 4 is 0 Å². The average molecular weight is 340 g/mol. The summed E-state index contributed by atoms with van der Waals surface area (Å²) in [6, 6.07) is 6.83. The summed E-state index contributed by atoms with van der Waals surface area (Å²) in [4.78, 5) is 4.56. The lowest BCUT2D eigenvalue weighted by Crippen LogP contribution is -2.53. The Morgan fingerprint density at radius 1 is 1.12 bits per heavy atom. The Kier molecular flexibility index (Phi) is 5.69. The highest BCUT2D eigenvalue weighted by atomic mass is 19.3. The number of benzene rings is 1. The van der Waals surface area contributed by atoms with Gasteiger partial charge in [-0.25, -0.2) is 0 Å². The molecule has 3 rings (SSSR count). The second kappa shape index (κ2) is 7.76. The maximum Gasteiger partial charge on any atom is 0.387 e. The van der Waals surface area contributed by atoms with E-state index in [1.54, 1.807) is 12.1 Å². The molecule has 4 nitrogen and oxygen atoms in total.